The van der Waals surface area contributed by atoms with Gasteiger partial charge < -0.3 is 15.5 Å². The monoisotopic (exact) mass is 513 g/mol. The molecule has 3 amide bonds. The third-order valence-electron chi connectivity index (χ3n) is 7.35. The van der Waals surface area contributed by atoms with E-state index in [1.54, 1.807) is 0 Å². The Labute approximate surface area is 196 Å². The highest BCUT2D eigenvalue weighted by molar-refractivity contribution is 5.95. The van der Waals surface area contributed by atoms with Crippen LogP contribution in [0.25, 0.3) is 0 Å². The molecule has 35 heavy (non-hydrogen) atoms. The van der Waals surface area contributed by atoms with Crippen molar-refractivity contribution in [3.8, 4) is 0 Å². The number of hydrogen-bond acceptors (Lipinski definition) is 5. The Bertz CT molecular complexity index is 903. The molecular formula is C21H25F6N3O5. The van der Waals surface area contributed by atoms with Crippen molar-refractivity contribution in [1.82, 2.24) is 15.5 Å². The van der Waals surface area contributed by atoms with Gasteiger partial charge in [0, 0.05) is 19.0 Å². The van der Waals surface area contributed by atoms with Crippen LogP contribution in [0.2, 0.25) is 0 Å². The zero-order valence-corrected chi connectivity index (χ0v) is 18.5. The molecule has 0 radical (unpaired) electrons. The quantitative estimate of drug-likeness (QED) is 0.481. The maximum absolute atomic E-state index is 13.1. The molecule has 0 aromatic heterocycles. The summed E-state index contributed by atoms with van der Waals surface area (Å²) in [4.78, 5) is 51.5. The van der Waals surface area contributed by atoms with Crippen LogP contribution < -0.4 is 10.6 Å². The molecule has 4 aliphatic rings. The van der Waals surface area contributed by atoms with Gasteiger partial charge in [-0.3, -0.25) is 23.9 Å². The molecule has 1 spiro atoms. The molecule has 0 aromatic rings. The van der Waals surface area contributed by atoms with E-state index in [-0.39, 0.29) is 31.2 Å². The van der Waals surface area contributed by atoms with Crippen molar-refractivity contribution in [3.63, 3.8) is 0 Å². The number of hydrogen-bond donors (Lipinski definition) is 2. The van der Waals surface area contributed by atoms with Crippen molar-refractivity contribution in [2.75, 3.05) is 19.7 Å². The number of nitrogens with zero attached hydrogens (tertiary/aromatic N) is 1. The lowest BCUT2D eigenvalue weighted by Crippen LogP contribution is -2.52. The molecule has 5 atom stereocenters. The molecule has 2 saturated heterocycles. The van der Waals surface area contributed by atoms with E-state index < -0.39 is 72.5 Å². The van der Waals surface area contributed by atoms with Crippen LogP contribution in [0.5, 0.6) is 0 Å². The molecule has 2 saturated carbocycles. The summed E-state index contributed by atoms with van der Waals surface area (Å²) >= 11 is 0. The molecule has 0 aromatic carbocycles. The third kappa shape index (κ3) is 5.89. The van der Waals surface area contributed by atoms with E-state index in [1.807, 2.05) is 0 Å². The number of carbonyl (C=O) groups is 4. The fourth-order valence-electron chi connectivity index (χ4n) is 5.05. The van der Waals surface area contributed by atoms with E-state index in [4.69, 9.17) is 0 Å². The van der Waals surface area contributed by atoms with Crippen molar-refractivity contribution in [1.29, 1.82) is 0 Å². The van der Waals surface area contributed by atoms with E-state index in [0.29, 0.717) is 25.8 Å². The molecule has 196 valence electrons. The molecule has 4 fully saturated rings. The molecule has 8 nitrogen and oxygen atoms in total. The highest BCUT2D eigenvalue weighted by Gasteiger charge is 2.63. The molecule has 2 N–H and O–H groups in total. The predicted molar refractivity (Wildman–Crippen MR) is 104 cm³/mol. The van der Waals surface area contributed by atoms with Gasteiger partial charge >= 0.3 is 12.5 Å². The molecule has 2 aliphatic heterocycles. The average Bonchev–Trinajstić information content (AvgIpc) is 3.63. The summed E-state index contributed by atoms with van der Waals surface area (Å²) in [6.45, 7) is -0.951. The number of alkyl halides is 6. The highest BCUT2D eigenvalue weighted by atomic mass is 19.4. The van der Waals surface area contributed by atoms with Gasteiger partial charge in [0.1, 0.15) is 12.6 Å². The summed E-state index contributed by atoms with van der Waals surface area (Å²) in [5, 5.41) is 4.90. The van der Waals surface area contributed by atoms with Crippen LogP contribution in [0, 0.1) is 23.2 Å². The Morgan fingerprint density at radius 3 is 2.37 bits per heavy atom. The molecule has 14 heteroatoms. The second-order valence-electron chi connectivity index (χ2n) is 9.95. The van der Waals surface area contributed by atoms with Crippen LogP contribution in [0.15, 0.2) is 0 Å². The Kier molecular flexibility index (Phi) is 6.56. The van der Waals surface area contributed by atoms with E-state index in [2.05, 4.69) is 15.4 Å². The van der Waals surface area contributed by atoms with Crippen LogP contribution in [0.4, 0.5) is 26.3 Å². The summed E-state index contributed by atoms with van der Waals surface area (Å²) in [5.74, 6) is -6.87. The molecule has 2 aliphatic carbocycles. The third-order valence-corrected chi connectivity index (χ3v) is 7.35. The average molecular weight is 513 g/mol. The van der Waals surface area contributed by atoms with Gasteiger partial charge in [-0.25, -0.2) is 0 Å². The van der Waals surface area contributed by atoms with Crippen molar-refractivity contribution < 1.29 is 50.3 Å². The van der Waals surface area contributed by atoms with Crippen LogP contribution >= 0.6 is 0 Å². The lowest BCUT2D eigenvalue weighted by molar-refractivity contribution is -0.321. The lowest BCUT2D eigenvalue weighted by Gasteiger charge is -2.27. The first-order chi connectivity index (χ1) is 16.2. The standard InChI is InChI=1S/C21H25F6N3O5/c22-20(23,24)12-6-11(12)18(34)30-9-19(2-3-19)7-14(30)17(33)29-13(5-10-1-4-28-16(10)32)15(31)8-35-21(25,26)27/h10-14H,1-9H2,(H,28,32)(H,29,33)/t10-,11+,12?,13-,14-/m0/s1. The number of amides is 3. The normalized spacial score (nSPS) is 30.2. The van der Waals surface area contributed by atoms with Crippen molar-refractivity contribution in [2.24, 2.45) is 23.2 Å². The fourth-order valence-corrected chi connectivity index (χ4v) is 5.05. The summed E-state index contributed by atoms with van der Waals surface area (Å²) in [6.07, 6.45) is -8.33. The minimum absolute atomic E-state index is 0.117. The maximum atomic E-state index is 13.1. The van der Waals surface area contributed by atoms with Crippen LogP contribution in [0.1, 0.15) is 38.5 Å². The molecule has 1 unspecified atom stereocenters. The molecule has 2 heterocycles. The minimum atomic E-state index is -5.08. The number of rotatable bonds is 8. The summed E-state index contributed by atoms with van der Waals surface area (Å²) in [7, 11) is 0. The van der Waals surface area contributed by atoms with Crippen molar-refractivity contribution in [3.05, 3.63) is 0 Å². The van der Waals surface area contributed by atoms with Crippen LogP contribution in [-0.4, -0.2) is 72.7 Å². The number of ether oxygens (including phenoxy) is 1. The first-order valence-electron chi connectivity index (χ1n) is 11.4. The van der Waals surface area contributed by atoms with Gasteiger partial charge in [-0.15, -0.1) is 13.2 Å². The Morgan fingerprint density at radius 2 is 1.86 bits per heavy atom. The number of likely N-dealkylation sites (tertiary alicyclic amines) is 1. The number of ketones is 1. The van der Waals surface area contributed by atoms with Gasteiger partial charge in [-0.05, 0) is 43.9 Å². The number of nitrogens with one attached hydrogen (secondary N) is 2. The van der Waals surface area contributed by atoms with Crippen molar-refractivity contribution in [2.45, 2.75) is 63.1 Å². The van der Waals surface area contributed by atoms with Gasteiger partial charge in [0.25, 0.3) is 0 Å². The molecule has 0 bridgehead atoms. The first-order valence-corrected chi connectivity index (χ1v) is 11.4. The van der Waals surface area contributed by atoms with Gasteiger partial charge in [0.05, 0.1) is 17.9 Å². The zero-order valence-electron chi connectivity index (χ0n) is 18.5. The van der Waals surface area contributed by atoms with Crippen LogP contribution in [0.3, 0.4) is 0 Å². The minimum Gasteiger partial charge on any atom is -0.356 e. The first kappa shape index (κ1) is 25.7. The van der Waals surface area contributed by atoms with E-state index in [0.717, 1.165) is 4.90 Å². The molecule has 4 rings (SSSR count). The summed E-state index contributed by atoms with van der Waals surface area (Å²) < 4.78 is 79.9. The fraction of sp³-hybridized carbons (Fsp3) is 0.810. The molecular weight excluding hydrogens is 488 g/mol. The van der Waals surface area contributed by atoms with E-state index in [1.165, 1.54) is 0 Å². The second-order valence-corrected chi connectivity index (χ2v) is 9.95. The summed E-state index contributed by atoms with van der Waals surface area (Å²) in [6, 6.07) is -2.63. The lowest BCUT2D eigenvalue weighted by atomic mass is 9.95. The maximum Gasteiger partial charge on any atom is 0.522 e. The Hall–Kier alpha value is -2.38. The van der Waals surface area contributed by atoms with Gasteiger partial charge in [0.15, 0.2) is 5.78 Å². The predicted octanol–water partition coefficient (Wildman–Crippen LogP) is 1.68. The van der Waals surface area contributed by atoms with E-state index in [9.17, 15) is 45.5 Å². The van der Waals surface area contributed by atoms with Gasteiger partial charge in [-0.1, -0.05) is 0 Å². The van der Waals surface area contributed by atoms with Crippen molar-refractivity contribution >= 4 is 23.5 Å². The summed E-state index contributed by atoms with van der Waals surface area (Å²) in [5.41, 5.74) is -0.371. The Balaban J connectivity index is 1.46. The Morgan fingerprint density at radius 1 is 1.17 bits per heavy atom. The number of halogens is 6. The SMILES string of the molecule is O=C1NCC[C@H]1C[C@H](NC(=O)[C@@H]1CC2(CC2)CN1C(=O)[C@@H]1CC1C(F)(F)F)C(=O)COC(F)(F)F. The number of Topliss-reactive ketones (excluding diaryl/α,β-unsaturated/α-hetero) is 1. The zero-order chi connectivity index (χ0) is 25.8. The van der Waals surface area contributed by atoms with Crippen LogP contribution in [-0.2, 0) is 23.9 Å². The second kappa shape index (κ2) is 8.93. The topological polar surface area (TPSA) is 105 Å². The smallest absolute Gasteiger partial charge is 0.356 e. The largest absolute Gasteiger partial charge is 0.522 e. The number of carbonyl (C=O) groups excluding carboxylic acids is 4. The highest BCUT2D eigenvalue weighted by Crippen LogP contribution is 2.57. The van der Waals surface area contributed by atoms with Gasteiger partial charge in [-0.2, -0.15) is 13.2 Å². The van der Waals surface area contributed by atoms with Gasteiger partial charge in [0.2, 0.25) is 17.7 Å². The van der Waals surface area contributed by atoms with E-state index >= 15 is 0 Å².